The van der Waals surface area contributed by atoms with Crippen molar-refractivity contribution in [3.63, 3.8) is 0 Å². The van der Waals surface area contributed by atoms with Crippen LogP contribution in [0.2, 0.25) is 0 Å². The van der Waals surface area contributed by atoms with Crippen molar-refractivity contribution in [1.82, 2.24) is 0 Å². The summed E-state index contributed by atoms with van der Waals surface area (Å²) in [4.78, 5) is 9.82. The second kappa shape index (κ2) is 3.31. The SMILES string of the molecule is N=[SH](=O)c1cccc([N+](=O)[O-])c1. The van der Waals surface area contributed by atoms with E-state index in [1.165, 1.54) is 18.2 Å². The molecule has 0 aromatic heterocycles. The van der Waals surface area contributed by atoms with Crippen LogP contribution in [0.25, 0.3) is 0 Å². The van der Waals surface area contributed by atoms with Gasteiger partial charge in [-0.1, -0.05) is 6.07 Å². The van der Waals surface area contributed by atoms with E-state index in [0.29, 0.717) is 0 Å². The van der Waals surface area contributed by atoms with E-state index in [4.69, 9.17) is 4.78 Å². The smallest absolute Gasteiger partial charge is 0.258 e. The zero-order valence-corrected chi connectivity index (χ0v) is 6.82. The van der Waals surface area contributed by atoms with Crippen LogP contribution in [-0.2, 0) is 10.6 Å². The molecular weight excluding hydrogens is 180 g/mol. The predicted molar refractivity (Wildman–Crippen MR) is 43.6 cm³/mol. The lowest BCUT2D eigenvalue weighted by Gasteiger charge is -1.91. The summed E-state index contributed by atoms with van der Waals surface area (Å²) in [6.45, 7) is 0. The van der Waals surface area contributed by atoms with Crippen LogP contribution in [0.5, 0.6) is 0 Å². The second-order valence-corrected chi connectivity index (χ2v) is 3.18. The average molecular weight is 186 g/mol. The lowest BCUT2D eigenvalue weighted by atomic mass is 10.3. The highest BCUT2D eigenvalue weighted by Crippen LogP contribution is 2.13. The largest absolute Gasteiger partial charge is 0.270 e. The van der Waals surface area contributed by atoms with Gasteiger partial charge in [0.1, 0.15) is 0 Å². The molecule has 6 heteroatoms. The standard InChI is InChI=1S/C6H6N2O3S/c7-12(11)6-3-1-2-5(4-6)8(9)10/h1-4,7,12H. The summed E-state index contributed by atoms with van der Waals surface area (Å²) in [5.41, 5.74) is -0.136. The quantitative estimate of drug-likeness (QED) is 0.413. The van der Waals surface area contributed by atoms with Crippen molar-refractivity contribution in [2.75, 3.05) is 0 Å². The minimum Gasteiger partial charge on any atom is -0.258 e. The molecule has 0 saturated heterocycles. The minimum absolute atomic E-state index is 0.136. The maximum absolute atomic E-state index is 10.6. The van der Waals surface area contributed by atoms with Crippen molar-refractivity contribution in [2.24, 2.45) is 0 Å². The molecular formula is C6H6N2O3S. The lowest BCUT2D eigenvalue weighted by Crippen LogP contribution is -1.88. The molecule has 64 valence electrons. The Hall–Kier alpha value is -1.43. The first-order valence-corrected chi connectivity index (χ1v) is 4.30. The first-order valence-electron chi connectivity index (χ1n) is 3.04. The van der Waals surface area contributed by atoms with Crippen molar-refractivity contribution in [3.05, 3.63) is 34.4 Å². The monoisotopic (exact) mass is 186 g/mol. The van der Waals surface area contributed by atoms with Crippen LogP contribution in [0.4, 0.5) is 5.69 Å². The van der Waals surface area contributed by atoms with Gasteiger partial charge < -0.3 is 0 Å². The number of nitrogens with zero attached hydrogens (tertiary/aromatic N) is 1. The van der Waals surface area contributed by atoms with Crippen molar-refractivity contribution in [1.29, 1.82) is 4.78 Å². The van der Waals surface area contributed by atoms with Crippen molar-refractivity contribution >= 4 is 16.3 Å². The Morgan fingerprint density at radius 3 is 2.67 bits per heavy atom. The van der Waals surface area contributed by atoms with E-state index in [2.05, 4.69) is 0 Å². The summed E-state index contributed by atoms with van der Waals surface area (Å²) >= 11 is 0. The van der Waals surface area contributed by atoms with Gasteiger partial charge in [-0.15, -0.1) is 0 Å². The number of nitrogens with one attached hydrogen (secondary N) is 1. The summed E-state index contributed by atoms with van der Waals surface area (Å²) in [7, 11) is -2.24. The molecule has 1 aromatic carbocycles. The van der Waals surface area contributed by atoms with Crippen LogP contribution in [-0.4, -0.2) is 9.13 Å². The van der Waals surface area contributed by atoms with E-state index in [0.717, 1.165) is 6.07 Å². The van der Waals surface area contributed by atoms with Gasteiger partial charge in [-0.3, -0.25) is 14.9 Å². The highest BCUT2D eigenvalue weighted by molar-refractivity contribution is 7.73. The zero-order valence-electron chi connectivity index (χ0n) is 5.93. The van der Waals surface area contributed by atoms with Crippen LogP contribution >= 0.6 is 0 Å². The Bertz CT molecular complexity index is 378. The van der Waals surface area contributed by atoms with E-state index >= 15 is 0 Å². The third kappa shape index (κ3) is 1.79. The van der Waals surface area contributed by atoms with Gasteiger partial charge in [0.15, 0.2) is 0 Å². The van der Waals surface area contributed by atoms with Crippen molar-refractivity contribution < 1.29 is 9.13 Å². The van der Waals surface area contributed by atoms with Gasteiger partial charge in [0.05, 0.1) is 20.4 Å². The Labute approximate surface area is 70.2 Å². The molecule has 0 aliphatic heterocycles. The number of non-ortho nitro benzene ring substituents is 1. The van der Waals surface area contributed by atoms with E-state index < -0.39 is 15.5 Å². The minimum atomic E-state index is -2.24. The van der Waals surface area contributed by atoms with Crippen LogP contribution < -0.4 is 0 Å². The van der Waals surface area contributed by atoms with Gasteiger partial charge in [0.25, 0.3) is 5.69 Å². The van der Waals surface area contributed by atoms with Gasteiger partial charge in [0, 0.05) is 12.1 Å². The highest BCUT2D eigenvalue weighted by Gasteiger charge is 2.04. The molecule has 0 fully saturated rings. The zero-order chi connectivity index (χ0) is 9.14. The van der Waals surface area contributed by atoms with Crippen LogP contribution in [0.15, 0.2) is 29.2 Å². The van der Waals surface area contributed by atoms with Crippen molar-refractivity contribution in [2.45, 2.75) is 4.90 Å². The molecule has 0 aliphatic rings. The molecule has 1 N–H and O–H groups in total. The first kappa shape index (κ1) is 8.66. The number of hydrogen-bond acceptors (Lipinski definition) is 4. The third-order valence-corrected chi connectivity index (χ3v) is 2.02. The fourth-order valence-corrected chi connectivity index (χ4v) is 1.20. The van der Waals surface area contributed by atoms with Gasteiger partial charge in [0.2, 0.25) is 0 Å². The van der Waals surface area contributed by atoms with Crippen LogP contribution in [0.1, 0.15) is 0 Å². The Morgan fingerprint density at radius 1 is 1.50 bits per heavy atom. The fraction of sp³-hybridized carbons (Fsp3) is 0. The summed E-state index contributed by atoms with van der Waals surface area (Å²) in [5.74, 6) is 0. The van der Waals surface area contributed by atoms with Crippen molar-refractivity contribution in [3.8, 4) is 0 Å². The number of thiol groups is 1. The molecule has 0 heterocycles. The Balaban J connectivity index is 3.21. The lowest BCUT2D eigenvalue weighted by molar-refractivity contribution is -0.385. The summed E-state index contributed by atoms with van der Waals surface area (Å²) in [6, 6.07) is 5.28. The maximum Gasteiger partial charge on any atom is 0.270 e. The molecule has 1 aromatic rings. The molecule has 0 aliphatic carbocycles. The third-order valence-electron chi connectivity index (χ3n) is 1.28. The number of nitro benzene ring substituents is 1. The van der Waals surface area contributed by atoms with E-state index in [9.17, 15) is 14.3 Å². The van der Waals surface area contributed by atoms with Gasteiger partial charge >= 0.3 is 0 Å². The number of benzene rings is 1. The Kier molecular flexibility index (Phi) is 2.39. The topological polar surface area (TPSA) is 84.1 Å². The van der Waals surface area contributed by atoms with Crippen LogP contribution in [0.3, 0.4) is 0 Å². The summed E-state index contributed by atoms with van der Waals surface area (Å²) in [6.07, 6.45) is 0. The fourth-order valence-electron chi connectivity index (χ4n) is 0.733. The van der Waals surface area contributed by atoms with Gasteiger partial charge in [-0.05, 0) is 6.07 Å². The average Bonchev–Trinajstić information content (AvgIpc) is 2.04. The maximum atomic E-state index is 10.6. The first-order chi connectivity index (χ1) is 5.61. The number of rotatable bonds is 2. The van der Waals surface area contributed by atoms with E-state index in [1.807, 2.05) is 0 Å². The van der Waals surface area contributed by atoms with E-state index in [1.54, 1.807) is 0 Å². The molecule has 0 radical (unpaired) electrons. The molecule has 0 spiro atoms. The van der Waals surface area contributed by atoms with Gasteiger partial charge in [-0.2, -0.15) is 0 Å². The molecule has 1 atom stereocenters. The molecule has 0 saturated carbocycles. The van der Waals surface area contributed by atoms with Crippen LogP contribution in [0, 0.1) is 14.9 Å². The molecule has 1 rings (SSSR count). The molecule has 0 amide bonds. The molecule has 12 heavy (non-hydrogen) atoms. The normalized spacial score (nSPS) is 12.3. The summed E-state index contributed by atoms with van der Waals surface area (Å²) < 4.78 is 17.5. The molecule has 5 nitrogen and oxygen atoms in total. The summed E-state index contributed by atoms with van der Waals surface area (Å²) in [5, 5.41) is 10.2. The second-order valence-electron chi connectivity index (χ2n) is 2.07. The number of nitro groups is 1. The predicted octanol–water partition coefficient (Wildman–Crippen LogP) is 1.20. The highest BCUT2D eigenvalue weighted by atomic mass is 32.2. The van der Waals surface area contributed by atoms with E-state index in [-0.39, 0.29) is 10.6 Å². The Morgan fingerprint density at radius 2 is 2.17 bits per heavy atom. The van der Waals surface area contributed by atoms with Gasteiger partial charge in [-0.25, -0.2) is 4.21 Å². The number of hydrogen-bond donors (Lipinski definition) is 2. The molecule has 1 unspecified atom stereocenters. The molecule has 0 bridgehead atoms.